The molecule has 106 valence electrons. The summed E-state index contributed by atoms with van der Waals surface area (Å²) in [4.78, 5) is 9.95. The molecule has 0 spiro atoms. The van der Waals surface area contributed by atoms with Crippen molar-refractivity contribution in [3.8, 4) is 0 Å². The summed E-state index contributed by atoms with van der Waals surface area (Å²) in [5, 5.41) is 13.4. The Kier molecular flexibility index (Phi) is 5.40. The molecule has 1 atom stereocenters. The molecule has 0 aliphatic heterocycles. The largest absolute Gasteiger partial charge is 0.316 e. The third-order valence-electron chi connectivity index (χ3n) is 2.61. The van der Waals surface area contributed by atoms with Crippen molar-refractivity contribution in [3.05, 3.63) is 39.9 Å². The van der Waals surface area contributed by atoms with E-state index < -0.39 is 14.9 Å². The molecule has 1 rings (SSSR count). The summed E-state index contributed by atoms with van der Waals surface area (Å²) in [6, 6.07) is 5.51. The molecule has 1 aromatic rings. The van der Waals surface area contributed by atoms with Gasteiger partial charge >= 0.3 is 0 Å². The molecule has 0 fully saturated rings. The molecule has 1 aromatic carbocycles. The number of non-ortho nitro benzene ring substituents is 1. The Morgan fingerprint density at radius 1 is 1.32 bits per heavy atom. The van der Waals surface area contributed by atoms with E-state index in [1.165, 1.54) is 24.3 Å². The number of likely N-dealkylation sites (N-methyl/N-ethyl adjacent to an activating group) is 1. The highest BCUT2D eigenvalue weighted by atomic mass is 32.2. The zero-order valence-corrected chi connectivity index (χ0v) is 11.6. The summed E-state index contributed by atoms with van der Waals surface area (Å²) >= 11 is 0. The van der Waals surface area contributed by atoms with Gasteiger partial charge in [-0.1, -0.05) is 12.1 Å². The summed E-state index contributed by atoms with van der Waals surface area (Å²) in [5.74, 6) is -0.193. The minimum absolute atomic E-state index is 0.0339. The fourth-order valence-electron chi connectivity index (χ4n) is 1.34. The number of hydrogen-bond donors (Lipinski definition) is 2. The average molecular weight is 287 g/mol. The smallest absolute Gasteiger partial charge is 0.269 e. The summed E-state index contributed by atoms with van der Waals surface area (Å²) in [5.41, 5.74) is 0.452. The van der Waals surface area contributed by atoms with Gasteiger partial charge in [0.15, 0.2) is 0 Å². The fraction of sp³-hybridized carbons (Fsp3) is 0.455. The second-order valence-corrected chi connectivity index (χ2v) is 6.03. The third kappa shape index (κ3) is 5.33. The molecule has 0 saturated heterocycles. The van der Waals surface area contributed by atoms with Crippen molar-refractivity contribution >= 4 is 15.7 Å². The maximum Gasteiger partial charge on any atom is 0.269 e. The second-order valence-electron chi connectivity index (χ2n) is 4.22. The van der Waals surface area contributed by atoms with Gasteiger partial charge in [0.2, 0.25) is 10.0 Å². The lowest BCUT2D eigenvalue weighted by molar-refractivity contribution is -0.384. The number of benzene rings is 1. The number of nitrogens with one attached hydrogen (secondary N) is 2. The van der Waals surface area contributed by atoms with E-state index in [1.54, 1.807) is 7.05 Å². The summed E-state index contributed by atoms with van der Waals surface area (Å²) < 4.78 is 26.0. The fourth-order valence-corrected chi connectivity index (χ4v) is 2.58. The van der Waals surface area contributed by atoms with Crippen LogP contribution in [0.1, 0.15) is 12.5 Å². The van der Waals surface area contributed by atoms with Gasteiger partial charge in [0.25, 0.3) is 5.69 Å². The van der Waals surface area contributed by atoms with Gasteiger partial charge < -0.3 is 5.32 Å². The van der Waals surface area contributed by atoms with Crippen molar-refractivity contribution in [2.75, 3.05) is 13.6 Å². The molecular weight excluding hydrogens is 270 g/mol. The van der Waals surface area contributed by atoms with Gasteiger partial charge in [-0.05, 0) is 19.5 Å². The minimum atomic E-state index is -3.43. The van der Waals surface area contributed by atoms with Crippen molar-refractivity contribution < 1.29 is 13.3 Å². The highest BCUT2D eigenvalue weighted by molar-refractivity contribution is 7.88. The topological polar surface area (TPSA) is 101 Å². The Hall–Kier alpha value is -1.51. The van der Waals surface area contributed by atoms with E-state index in [0.717, 1.165) is 0 Å². The van der Waals surface area contributed by atoms with Crippen molar-refractivity contribution in [3.63, 3.8) is 0 Å². The van der Waals surface area contributed by atoms with E-state index in [2.05, 4.69) is 10.0 Å². The van der Waals surface area contributed by atoms with Crippen molar-refractivity contribution in [1.29, 1.82) is 0 Å². The number of nitro benzene ring substituents is 1. The van der Waals surface area contributed by atoms with E-state index in [4.69, 9.17) is 0 Å². The molecule has 8 heteroatoms. The molecule has 7 nitrogen and oxygen atoms in total. The van der Waals surface area contributed by atoms with Crippen molar-refractivity contribution in [2.45, 2.75) is 18.7 Å². The van der Waals surface area contributed by atoms with Gasteiger partial charge in [-0.25, -0.2) is 13.1 Å². The molecule has 0 bridgehead atoms. The van der Waals surface area contributed by atoms with Gasteiger partial charge in [0.05, 0.1) is 10.7 Å². The van der Waals surface area contributed by atoms with Crippen LogP contribution in [0.5, 0.6) is 0 Å². The standard InChI is InChI=1S/C11H17N3O4S/c1-9(12-2)7-13-19(17,18)8-10-3-5-11(6-4-10)14(15)16/h3-6,9,12-13H,7-8H2,1-2H3. The quantitative estimate of drug-likeness (QED) is 0.565. The molecule has 0 amide bonds. The number of rotatable bonds is 7. The maximum absolute atomic E-state index is 11.8. The van der Waals surface area contributed by atoms with Crippen LogP contribution in [0.2, 0.25) is 0 Å². The van der Waals surface area contributed by atoms with E-state index in [-0.39, 0.29) is 17.5 Å². The number of nitro groups is 1. The zero-order chi connectivity index (χ0) is 14.5. The first-order valence-electron chi connectivity index (χ1n) is 5.72. The summed E-state index contributed by atoms with van der Waals surface area (Å²) in [6.07, 6.45) is 0. The molecule has 0 radical (unpaired) electrons. The van der Waals surface area contributed by atoms with E-state index >= 15 is 0 Å². The van der Waals surface area contributed by atoms with Gasteiger partial charge in [0, 0.05) is 24.7 Å². The molecule has 1 unspecified atom stereocenters. The van der Waals surface area contributed by atoms with Gasteiger partial charge in [-0.2, -0.15) is 0 Å². The highest BCUT2D eigenvalue weighted by Gasteiger charge is 2.13. The first-order valence-corrected chi connectivity index (χ1v) is 7.37. The van der Waals surface area contributed by atoms with Crippen LogP contribution in [0.15, 0.2) is 24.3 Å². The molecule has 2 N–H and O–H groups in total. The zero-order valence-electron chi connectivity index (χ0n) is 10.8. The van der Waals surface area contributed by atoms with E-state index in [0.29, 0.717) is 12.1 Å². The highest BCUT2D eigenvalue weighted by Crippen LogP contribution is 2.13. The maximum atomic E-state index is 11.8. The van der Waals surface area contributed by atoms with Crippen LogP contribution in [0.3, 0.4) is 0 Å². The number of sulfonamides is 1. The third-order valence-corrected chi connectivity index (χ3v) is 3.93. The second kappa shape index (κ2) is 6.60. The average Bonchev–Trinajstić information content (AvgIpc) is 2.36. The van der Waals surface area contributed by atoms with Crippen LogP contribution in [0.4, 0.5) is 5.69 Å². The Labute approximate surface area is 112 Å². The lowest BCUT2D eigenvalue weighted by Gasteiger charge is -2.11. The van der Waals surface area contributed by atoms with Crippen molar-refractivity contribution in [1.82, 2.24) is 10.0 Å². The number of nitrogens with zero attached hydrogens (tertiary/aromatic N) is 1. The Morgan fingerprint density at radius 2 is 1.89 bits per heavy atom. The predicted molar refractivity (Wildman–Crippen MR) is 72.2 cm³/mol. The van der Waals surface area contributed by atoms with Gasteiger partial charge in [-0.3, -0.25) is 10.1 Å². The van der Waals surface area contributed by atoms with Gasteiger partial charge in [-0.15, -0.1) is 0 Å². The molecule has 0 aliphatic rings. The minimum Gasteiger partial charge on any atom is -0.316 e. The Balaban J connectivity index is 2.65. The monoisotopic (exact) mass is 287 g/mol. The normalized spacial score (nSPS) is 13.2. The molecule has 0 heterocycles. The van der Waals surface area contributed by atoms with Crippen LogP contribution >= 0.6 is 0 Å². The van der Waals surface area contributed by atoms with Crippen LogP contribution in [-0.4, -0.2) is 33.0 Å². The molecule has 0 aromatic heterocycles. The first kappa shape index (κ1) is 15.5. The number of hydrogen-bond acceptors (Lipinski definition) is 5. The lowest BCUT2D eigenvalue weighted by atomic mass is 10.2. The molecule has 0 aliphatic carbocycles. The first-order chi connectivity index (χ1) is 8.84. The van der Waals surface area contributed by atoms with Crippen LogP contribution in [0.25, 0.3) is 0 Å². The van der Waals surface area contributed by atoms with Gasteiger partial charge in [0.1, 0.15) is 0 Å². The van der Waals surface area contributed by atoms with Crippen LogP contribution in [-0.2, 0) is 15.8 Å². The Bertz CT molecular complexity index is 527. The molecule has 0 saturated carbocycles. The SMILES string of the molecule is CNC(C)CNS(=O)(=O)Cc1ccc([N+](=O)[O-])cc1. The summed E-state index contributed by atoms with van der Waals surface area (Å²) in [6.45, 7) is 2.15. The van der Waals surface area contributed by atoms with E-state index in [9.17, 15) is 18.5 Å². The summed E-state index contributed by atoms with van der Waals surface area (Å²) in [7, 11) is -1.69. The van der Waals surface area contributed by atoms with E-state index in [1.807, 2.05) is 6.92 Å². The Morgan fingerprint density at radius 3 is 2.37 bits per heavy atom. The molecular formula is C11H17N3O4S. The van der Waals surface area contributed by atoms with Crippen molar-refractivity contribution in [2.24, 2.45) is 0 Å². The predicted octanol–water partition coefficient (Wildman–Crippen LogP) is 0.622. The van der Waals surface area contributed by atoms with Crippen LogP contribution < -0.4 is 10.0 Å². The lowest BCUT2D eigenvalue weighted by Crippen LogP contribution is -2.37. The van der Waals surface area contributed by atoms with Crippen LogP contribution in [0, 0.1) is 10.1 Å². The molecule has 19 heavy (non-hydrogen) atoms.